The molecule has 0 bridgehead atoms. The number of carbonyl (C=O) groups excluding carboxylic acids is 1. The number of thiophene rings is 1. The Labute approximate surface area is 106 Å². The summed E-state index contributed by atoms with van der Waals surface area (Å²) in [6.45, 7) is 4.06. The van der Waals surface area contributed by atoms with E-state index in [1.54, 1.807) is 11.3 Å². The first-order valence-corrected chi connectivity index (χ1v) is 6.80. The topological polar surface area (TPSA) is 29.1 Å². The van der Waals surface area contributed by atoms with Crippen LogP contribution < -0.4 is 5.32 Å². The second kappa shape index (κ2) is 5.32. The fourth-order valence-corrected chi connectivity index (χ4v) is 2.89. The monoisotopic (exact) mass is 247 g/mol. The van der Waals surface area contributed by atoms with Crippen molar-refractivity contribution in [3.63, 3.8) is 0 Å². The van der Waals surface area contributed by atoms with Gasteiger partial charge in [-0.2, -0.15) is 0 Å². The molecule has 0 spiro atoms. The highest BCUT2D eigenvalue weighted by atomic mass is 32.1. The van der Waals surface area contributed by atoms with Crippen LogP contribution in [0.2, 0.25) is 0 Å². The number of fused-ring (bicyclic) bond motifs is 1. The van der Waals surface area contributed by atoms with Gasteiger partial charge < -0.3 is 5.32 Å². The molecule has 1 amide bonds. The van der Waals surface area contributed by atoms with Crippen LogP contribution in [0.4, 0.5) is 0 Å². The summed E-state index contributed by atoms with van der Waals surface area (Å²) in [6, 6.07) is 10.6. The maximum Gasteiger partial charge on any atom is 0.220 e. The summed E-state index contributed by atoms with van der Waals surface area (Å²) in [4.78, 5) is 12.8. The molecule has 0 aliphatic heterocycles. The smallest absolute Gasteiger partial charge is 0.220 e. The van der Waals surface area contributed by atoms with E-state index in [0.717, 1.165) is 6.42 Å². The van der Waals surface area contributed by atoms with E-state index in [9.17, 15) is 4.79 Å². The molecule has 1 N–H and O–H groups in total. The third-order valence-electron chi connectivity index (χ3n) is 2.73. The zero-order valence-electron chi connectivity index (χ0n) is 10.2. The first-order valence-electron chi connectivity index (χ1n) is 5.98. The van der Waals surface area contributed by atoms with Gasteiger partial charge in [-0.25, -0.2) is 0 Å². The lowest BCUT2D eigenvalue weighted by Crippen LogP contribution is -2.25. The predicted octanol–water partition coefficient (Wildman–Crippen LogP) is 3.88. The van der Waals surface area contributed by atoms with Crippen molar-refractivity contribution < 1.29 is 4.79 Å². The third kappa shape index (κ3) is 2.86. The zero-order chi connectivity index (χ0) is 12.3. The number of hydrogen-bond donors (Lipinski definition) is 1. The Hall–Kier alpha value is -1.35. The van der Waals surface area contributed by atoms with E-state index >= 15 is 0 Å². The summed E-state index contributed by atoms with van der Waals surface area (Å²) in [5.74, 6) is 0.137. The molecule has 0 saturated carbocycles. The molecule has 0 saturated heterocycles. The summed E-state index contributed by atoms with van der Waals surface area (Å²) in [5, 5.41) is 4.28. The van der Waals surface area contributed by atoms with E-state index in [1.165, 1.54) is 15.0 Å². The van der Waals surface area contributed by atoms with Gasteiger partial charge in [0.25, 0.3) is 0 Å². The summed E-state index contributed by atoms with van der Waals surface area (Å²) in [6.07, 6.45) is 1.50. The molecular weight excluding hydrogens is 230 g/mol. The molecule has 1 heterocycles. The maximum atomic E-state index is 11.5. The van der Waals surface area contributed by atoms with Crippen LogP contribution in [-0.4, -0.2) is 5.91 Å². The van der Waals surface area contributed by atoms with Crippen molar-refractivity contribution in [1.29, 1.82) is 0 Å². The molecule has 0 fully saturated rings. The van der Waals surface area contributed by atoms with Crippen LogP contribution in [-0.2, 0) is 4.79 Å². The van der Waals surface area contributed by atoms with E-state index in [4.69, 9.17) is 0 Å². The Morgan fingerprint density at radius 2 is 2.18 bits per heavy atom. The highest BCUT2D eigenvalue weighted by Gasteiger charge is 2.11. The molecular formula is C14H17NOS. The minimum atomic E-state index is 0.103. The molecule has 1 aromatic heterocycles. The van der Waals surface area contributed by atoms with Crippen LogP contribution in [0.1, 0.15) is 37.6 Å². The molecule has 1 aromatic carbocycles. The van der Waals surface area contributed by atoms with Gasteiger partial charge in [-0.05, 0) is 30.9 Å². The highest BCUT2D eigenvalue weighted by molar-refractivity contribution is 7.19. The van der Waals surface area contributed by atoms with Crippen LogP contribution in [0.15, 0.2) is 30.3 Å². The summed E-state index contributed by atoms with van der Waals surface area (Å²) in [5.41, 5.74) is 0. The zero-order valence-corrected chi connectivity index (χ0v) is 11.0. The van der Waals surface area contributed by atoms with Crippen molar-refractivity contribution in [1.82, 2.24) is 5.32 Å². The summed E-state index contributed by atoms with van der Waals surface area (Å²) in [7, 11) is 0. The van der Waals surface area contributed by atoms with Gasteiger partial charge in [0.2, 0.25) is 5.91 Å². The number of hydrogen-bond acceptors (Lipinski definition) is 2. The van der Waals surface area contributed by atoms with Crippen molar-refractivity contribution in [2.75, 3.05) is 0 Å². The number of rotatable bonds is 4. The van der Waals surface area contributed by atoms with E-state index in [2.05, 4.69) is 23.5 Å². The second-order valence-electron chi connectivity index (χ2n) is 4.23. The van der Waals surface area contributed by atoms with E-state index in [-0.39, 0.29) is 11.9 Å². The molecule has 0 unspecified atom stereocenters. The van der Waals surface area contributed by atoms with Gasteiger partial charge in [-0.3, -0.25) is 4.79 Å². The van der Waals surface area contributed by atoms with Gasteiger partial charge in [0.15, 0.2) is 0 Å². The van der Waals surface area contributed by atoms with Gasteiger partial charge in [0, 0.05) is 16.0 Å². The molecule has 0 radical (unpaired) electrons. The molecule has 1 atom stereocenters. The van der Waals surface area contributed by atoms with Crippen LogP contribution in [0.3, 0.4) is 0 Å². The summed E-state index contributed by atoms with van der Waals surface area (Å²) < 4.78 is 1.28. The van der Waals surface area contributed by atoms with E-state index < -0.39 is 0 Å². The molecule has 2 nitrogen and oxygen atoms in total. The maximum absolute atomic E-state index is 11.5. The Morgan fingerprint density at radius 3 is 2.88 bits per heavy atom. The lowest BCUT2D eigenvalue weighted by molar-refractivity contribution is -0.121. The van der Waals surface area contributed by atoms with E-state index in [0.29, 0.717) is 6.42 Å². The van der Waals surface area contributed by atoms with Gasteiger partial charge in [-0.15, -0.1) is 11.3 Å². The van der Waals surface area contributed by atoms with Crippen LogP contribution in [0, 0.1) is 0 Å². The number of benzene rings is 1. The van der Waals surface area contributed by atoms with Crippen LogP contribution in [0.5, 0.6) is 0 Å². The first-order chi connectivity index (χ1) is 8.20. The third-order valence-corrected chi connectivity index (χ3v) is 4.02. The molecule has 90 valence electrons. The van der Waals surface area contributed by atoms with Crippen molar-refractivity contribution in [2.24, 2.45) is 0 Å². The number of carbonyl (C=O) groups is 1. The summed E-state index contributed by atoms with van der Waals surface area (Å²) >= 11 is 1.75. The van der Waals surface area contributed by atoms with Crippen molar-refractivity contribution >= 4 is 27.3 Å². The van der Waals surface area contributed by atoms with Crippen LogP contribution >= 0.6 is 11.3 Å². The molecule has 3 heteroatoms. The molecule has 17 heavy (non-hydrogen) atoms. The first kappa shape index (κ1) is 12.1. The highest BCUT2D eigenvalue weighted by Crippen LogP contribution is 2.29. The Balaban J connectivity index is 2.13. The quantitative estimate of drug-likeness (QED) is 0.872. The normalized spacial score (nSPS) is 12.6. The fraction of sp³-hybridized carbons (Fsp3) is 0.357. The standard InChI is InChI=1S/C14H17NOS/c1-3-6-14(16)15-10(2)13-9-11-7-4-5-8-12(11)17-13/h4-5,7-10H,3,6H2,1-2H3,(H,15,16)/t10-/m1/s1. The SMILES string of the molecule is CCCC(=O)N[C@H](C)c1cc2ccccc2s1. The Kier molecular flexibility index (Phi) is 3.79. The molecule has 2 aromatic rings. The van der Waals surface area contributed by atoms with E-state index in [1.807, 2.05) is 26.0 Å². The average molecular weight is 247 g/mol. The van der Waals surface area contributed by atoms with Gasteiger partial charge in [0.1, 0.15) is 0 Å². The van der Waals surface area contributed by atoms with Crippen LogP contribution in [0.25, 0.3) is 10.1 Å². The molecule has 0 aliphatic carbocycles. The average Bonchev–Trinajstić information content (AvgIpc) is 2.72. The van der Waals surface area contributed by atoms with Gasteiger partial charge >= 0.3 is 0 Å². The minimum Gasteiger partial charge on any atom is -0.349 e. The minimum absolute atomic E-state index is 0.103. The Bertz CT molecular complexity index is 485. The largest absolute Gasteiger partial charge is 0.349 e. The lowest BCUT2D eigenvalue weighted by atomic mass is 10.2. The Morgan fingerprint density at radius 1 is 1.41 bits per heavy atom. The van der Waals surface area contributed by atoms with Crippen molar-refractivity contribution in [3.05, 3.63) is 35.2 Å². The van der Waals surface area contributed by atoms with Crippen molar-refractivity contribution in [2.45, 2.75) is 32.7 Å². The fourth-order valence-electron chi connectivity index (χ4n) is 1.83. The predicted molar refractivity (Wildman–Crippen MR) is 73.3 cm³/mol. The number of amides is 1. The van der Waals surface area contributed by atoms with Gasteiger partial charge in [-0.1, -0.05) is 25.1 Å². The number of nitrogens with one attached hydrogen (secondary N) is 1. The molecule has 0 aliphatic rings. The molecule has 2 rings (SSSR count). The second-order valence-corrected chi connectivity index (χ2v) is 5.34. The lowest BCUT2D eigenvalue weighted by Gasteiger charge is -2.11. The van der Waals surface area contributed by atoms with Crippen molar-refractivity contribution in [3.8, 4) is 0 Å². The van der Waals surface area contributed by atoms with Gasteiger partial charge in [0.05, 0.1) is 6.04 Å².